The van der Waals surface area contributed by atoms with E-state index < -0.39 is 20.6 Å². The number of hydrogen-bond donors (Lipinski definition) is 0. The highest BCUT2D eigenvalue weighted by atomic mass is 35.5. The first-order valence-electron chi connectivity index (χ1n) is 5.53. The number of rotatable bonds is 5. The van der Waals surface area contributed by atoms with Crippen LogP contribution in [0.3, 0.4) is 0 Å². The molecule has 0 spiro atoms. The quantitative estimate of drug-likeness (QED) is 0.598. The number of halogens is 1. The molecule has 114 valence electrons. The monoisotopic (exact) mass is 367 g/mol. The number of hydrogen-bond acceptors (Lipinski definition) is 7. The smallest absolute Gasteiger partial charge is 0.258 e. The lowest BCUT2D eigenvalue weighted by Crippen LogP contribution is -2.25. The lowest BCUT2D eigenvalue weighted by Gasteiger charge is -2.14. The number of nitro groups is 1. The second-order valence-corrected chi connectivity index (χ2v) is 9.33. The number of sulfonamides is 1. The van der Waals surface area contributed by atoms with Crippen LogP contribution < -0.4 is 0 Å². The third-order valence-electron chi connectivity index (χ3n) is 2.56. The number of aromatic nitrogens is 1. The fourth-order valence-corrected chi connectivity index (χ4v) is 5.48. The van der Waals surface area contributed by atoms with Gasteiger partial charge in [-0.3, -0.25) is 10.1 Å². The minimum Gasteiger partial charge on any atom is -0.258 e. The second-order valence-electron chi connectivity index (χ2n) is 4.09. The van der Waals surface area contributed by atoms with Crippen LogP contribution in [0.5, 0.6) is 0 Å². The molecule has 21 heavy (non-hydrogen) atoms. The van der Waals surface area contributed by atoms with Crippen molar-refractivity contribution >= 4 is 50.0 Å². The Balaban J connectivity index is 2.28. The Bertz CT molecular complexity index is 783. The van der Waals surface area contributed by atoms with Crippen molar-refractivity contribution in [3.05, 3.63) is 36.6 Å². The van der Waals surface area contributed by atoms with Gasteiger partial charge in [-0.25, -0.2) is 13.4 Å². The Morgan fingerprint density at radius 3 is 2.62 bits per heavy atom. The van der Waals surface area contributed by atoms with E-state index in [1.54, 1.807) is 6.20 Å². The number of aryl methyl sites for hydroxylation is 1. The van der Waals surface area contributed by atoms with Crippen molar-refractivity contribution in [1.82, 2.24) is 9.29 Å². The molecule has 0 fully saturated rings. The summed E-state index contributed by atoms with van der Waals surface area (Å²) in [6.07, 6.45) is 1.61. The van der Waals surface area contributed by atoms with Crippen LogP contribution in [0, 0.1) is 17.0 Å². The largest absolute Gasteiger partial charge is 0.300 e. The highest BCUT2D eigenvalue weighted by Crippen LogP contribution is 2.37. The summed E-state index contributed by atoms with van der Waals surface area (Å²) in [4.78, 5) is 14.9. The maximum Gasteiger partial charge on any atom is 0.300 e. The van der Waals surface area contributed by atoms with E-state index in [2.05, 4.69) is 4.98 Å². The molecule has 0 atom stereocenters. The predicted octanol–water partition coefficient (Wildman–Crippen LogP) is 2.90. The van der Waals surface area contributed by atoms with E-state index in [-0.39, 0.29) is 15.1 Å². The topological polar surface area (TPSA) is 93.4 Å². The molecule has 11 heteroatoms. The molecule has 2 heterocycles. The van der Waals surface area contributed by atoms with Crippen LogP contribution in [-0.2, 0) is 16.6 Å². The molecular formula is C10H10ClN3O4S3. The van der Waals surface area contributed by atoms with Crippen molar-refractivity contribution in [2.45, 2.75) is 17.7 Å². The Labute approximate surface area is 134 Å². The van der Waals surface area contributed by atoms with Gasteiger partial charge in [0.25, 0.3) is 15.7 Å². The van der Waals surface area contributed by atoms with Gasteiger partial charge in [-0.05, 0) is 6.92 Å². The molecular weight excluding hydrogens is 358 g/mol. The fraction of sp³-hybridized carbons (Fsp3) is 0.300. The van der Waals surface area contributed by atoms with Crippen molar-refractivity contribution in [3.8, 4) is 0 Å². The van der Waals surface area contributed by atoms with Crippen LogP contribution in [0.2, 0.25) is 4.34 Å². The van der Waals surface area contributed by atoms with Crippen molar-refractivity contribution in [2.24, 2.45) is 0 Å². The second kappa shape index (κ2) is 5.97. The summed E-state index contributed by atoms with van der Waals surface area (Å²) in [7, 11) is -2.41. The maximum atomic E-state index is 12.4. The summed E-state index contributed by atoms with van der Waals surface area (Å²) in [6.45, 7) is 1.97. The Kier molecular flexibility index (Phi) is 4.63. The summed E-state index contributed by atoms with van der Waals surface area (Å²) in [5.41, 5.74) is -0.401. The molecule has 0 N–H and O–H groups in total. The van der Waals surface area contributed by atoms with Crippen molar-refractivity contribution in [1.29, 1.82) is 0 Å². The molecule has 0 radical (unpaired) electrons. The normalized spacial score (nSPS) is 12.0. The first-order chi connectivity index (χ1) is 9.71. The predicted molar refractivity (Wildman–Crippen MR) is 81.5 cm³/mol. The van der Waals surface area contributed by atoms with E-state index in [1.165, 1.54) is 18.4 Å². The molecule has 0 bridgehead atoms. The minimum atomic E-state index is -3.82. The van der Waals surface area contributed by atoms with Gasteiger partial charge in [-0.15, -0.1) is 22.7 Å². The first-order valence-corrected chi connectivity index (χ1v) is 8.98. The molecule has 0 amide bonds. The van der Waals surface area contributed by atoms with E-state index in [9.17, 15) is 18.5 Å². The van der Waals surface area contributed by atoms with E-state index in [0.717, 1.165) is 20.3 Å². The van der Waals surface area contributed by atoms with Crippen LogP contribution >= 0.6 is 34.3 Å². The molecule has 0 saturated carbocycles. The van der Waals surface area contributed by atoms with E-state index in [0.29, 0.717) is 11.3 Å². The molecule has 0 saturated heterocycles. The van der Waals surface area contributed by atoms with Crippen LogP contribution in [-0.4, -0.2) is 29.7 Å². The summed E-state index contributed by atoms with van der Waals surface area (Å²) >= 11 is 7.77. The zero-order chi connectivity index (χ0) is 15.8. The van der Waals surface area contributed by atoms with Gasteiger partial charge in [0.2, 0.25) is 0 Å². The Hall–Kier alpha value is -1.07. The highest BCUT2D eigenvalue weighted by molar-refractivity contribution is 7.91. The average Bonchev–Trinajstić information content (AvgIpc) is 2.95. The molecule has 2 rings (SSSR count). The van der Waals surface area contributed by atoms with E-state index >= 15 is 0 Å². The zero-order valence-corrected chi connectivity index (χ0v) is 14.1. The number of thiophene rings is 1. The van der Waals surface area contributed by atoms with Crippen molar-refractivity contribution < 1.29 is 13.3 Å². The molecule has 0 aliphatic carbocycles. The Morgan fingerprint density at radius 1 is 1.48 bits per heavy atom. The van der Waals surface area contributed by atoms with E-state index in [1.807, 2.05) is 6.92 Å². The van der Waals surface area contributed by atoms with Crippen molar-refractivity contribution in [3.63, 3.8) is 0 Å². The van der Waals surface area contributed by atoms with Gasteiger partial charge in [-0.2, -0.15) is 4.31 Å². The van der Waals surface area contributed by atoms with Gasteiger partial charge in [0.15, 0.2) is 4.34 Å². The molecule has 0 aliphatic rings. The third kappa shape index (κ3) is 3.40. The summed E-state index contributed by atoms with van der Waals surface area (Å²) < 4.78 is 25.6. The van der Waals surface area contributed by atoms with E-state index in [4.69, 9.17) is 11.6 Å². The lowest BCUT2D eigenvalue weighted by atomic mass is 10.5. The highest BCUT2D eigenvalue weighted by Gasteiger charge is 2.28. The number of thiazole rings is 1. The molecule has 0 unspecified atom stereocenters. The van der Waals surface area contributed by atoms with Gasteiger partial charge in [0, 0.05) is 30.7 Å². The van der Waals surface area contributed by atoms with Gasteiger partial charge in [0.1, 0.15) is 4.21 Å². The van der Waals surface area contributed by atoms with Crippen LogP contribution in [0.15, 0.2) is 16.5 Å². The third-order valence-corrected chi connectivity index (χ3v) is 7.04. The lowest BCUT2D eigenvalue weighted by molar-refractivity contribution is -0.384. The average molecular weight is 368 g/mol. The number of nitrogens with zero attached hydrogens (tertiary/aromatic N) is 3. The molecule has 7 nitrogen and oxygen atoms in total. The van der Waals surface area contributed by atoms with Gasteiger partial charge >= 0.3 is 0 Å². The fourth-order valence-electron chi connectivity index (χ4n) is 1.53. The van der Waals surface area contributed by atoms with Gasteiger partial charge in [0.05, 0.1) is 9.93 Å². The summed E-state index contributed by atoms with van der Waals surface area (Å²) in [5, 5.41) is 11.6. The van der Waals surface area contributed by atoms with Crippen LogP contribution in [0.4, 0.5) is 5.69 Å². The van der Waals surface area contributed by atoms with Crippen LogP contribution in [0.1, 0.15) is 9.88 Å². The van der Waals surface area contributed by atoms with Crippen molar-refractivity contribution in [2.75, 3.05) is 7.05 Å². The van der Waals surface area contributed by atoms with Gasteiger partial charge < -0.3 is 0 Å². The summed E-state index contributed by atoms with van der Waals surface area (Å²) in [6, 6.07) is 0.983. The molecule has 2 aromatic heterocycles. The standard InChI is InChI=1S/C10H10ClN3O4S3/c1-6-12-4-7(19-6)5-13(2)21(17,18)9-3-8(14(15)16)10(11)20-9/h3-4H,5H2,1-2H3. The molecule has 0 aliphatic heterocycles. The minimum absolute atomic E-state index is 0.150. The van der Waals surface area contributed by atoms with Crippen LogP contribution in [0.25, 0.3) is 0 Å². The summed E-state index contributed by atoms with van der Waals surface area (Å²) in [5.74, 6) is 0. The first kappa shape index (κ1) is 16.3. The molecule has 2 aromatic rings. The zero-order valence-electron chi connectivity index (χ0n) is 10.9. The SMILES string of the molecule is Cc1ncc(CN(C)S(=O)(=O)c2cc([N+](=O)[O-])c(Cl)s2)s1. The molecule has 0 aromatic carbocycles. The Morgan fingerprint density at radius 2 is 2.14 bits per heavy atom. The van der Waals surface area contributed by atoms with Gasteiger partial charge in [-0.1, -0.05) is 11.6 Å². The maximum absolute atomic E-state index is 12.4.